The number of hydrogen-bond donors (Lipinski definition) is 2. The molecule has 0 radical (unpaired) electrons. The molecule has 0 saturated carbocycles. The summed E-state index contributed by atoms with van der Waals surface area (Å²) in [6, 6.07) is 16.0. The van der Waals surface area contributed by atoms with Crippen molar-refractivity contribution in [3.8, 4) is 5.75 Å². The van der Waals surface area contributed by atoms with Crippen LogP contribution in [0.15, 0.2) is 72.9 Å². The number of amides is 3. The van der Waals surface area contributed by atoms with Crippen LogP contribution in [0.4, 0.5) is 15.9 Å². The fourth-order valence-electron chi connectivity index (χ4n) is 3.61. The van der Waals surface area contributed by atoms with Crippen molar-refractivity contribution in [3.63, 3.8) is 0 Å². The smallest absolute Gasteiger partial charge is 0.248 e. The molecule has 1 atom stereocenters. The predicted molar refractivity (Wildman–Crippen MR) is 135 cm³/mol. The van der Waals surface area contributed by atoms with Gasteiger partial charge in [0.25, 0.3) is 0 Å². The summed E-state index contributed by atoms with van der Waals surface area (Å²) in [6.45, 7) is 3.58. The molecule has 0 fully saturated rings. The third-order valence-corrected chi connectivity index (χ3v) is 5.25. The van der Waals surface area contributed by atoms with Crippen LogP contribution in [-0.2, 0) is 14.4 Å². The summed E-state index contributed by atoms with van der Waals surface area (Å²) in [5.74, 6) is -1.24. The van der Waals surface area contributed by atoms with Crippen molar-refractivity contribution in [3.05, 3.63) is 84.3 Å². The van der Waals surface area contributed by atoms with E-state index in [0.29, 0.717) is 17.1 Å². The maximum Gasteiger partial charge on any atom is 0.248 e. The highest BCUT2D eigenvalue weighted by Crippen LogP contribution is 2.32. The lowest BCUT2D eigenvalue weighted by atomic mass is 10.0. The van der Waals surface area contributed by atoms with Crippen LogP contribution in [0.25, 0.3) is 0 Å². The first-order valence-corrected chi connectivity index (χ1v) is 11.5. The zero-order valence-electron chi connectivity index (χ0n) is 20.4. The van der Waals surface area contributed by atoms with E-state index < -0.39 is 29.6 Å². The number of nitrogens with one attached hydrogen (secondary N) is 2. The molecule has 36 heavy (non-hydrogen) atoms. The lowest BCUT2D eigenvalue weighted by molar-refractivity contribution is -0.127. The van der Waals surface area contributed by atoms with Gasteiger partial charge >= 0.3 is 0 Å². The zero-order chi connectivity index (χ0) is 26.1. The molecule has 0 saturated heterocycles. The van der Waals surface area contributed by atoms with Crippen LogP contribution < -0.4 is 20.3 Å². The topological polar surface area (TPSA) is 101 Å². The van der Waals surface area contributed by atoms with Gasteiger partial charge in [0.1, 0.15) is 23.4 Å². The molecule has 0 aliphatic heterocycles. The Balaban J connectivity index is 1.95. The second kappa shape index (κ2) is 12.4. The van der Waals surface area contributed by atoms with E-state index in [1.165, 1.54) is 31.5 Å². The van der Waals surface area contributed by atoms with Gasteiger partial charge in [-0.25, -0.2) is 9.37 Å². The molecular weight excluding hydrogens is 463 g/mol. The van der Waals surface area contributed by atoms with E-state index in [4.69, 9.17) is 4.74 Å². The minimum absolute atomic E-state index is 0.0626. The van der Waals surface area contributed by atoms with Crippen molar-refractivity contribution in [1.82, 2.24) is 10.3 Å². The van der Waals surface area contributed by atoms with Gasteiger partial charge in [-0.05, 0) is 55.8 Å². The van der Waals surface area contributed by atoms with Gasteiger partial charge in [0.05, 0.1) is 12.8 Å². The van der Waals surface area contributed by atoms with Crippen LogP contribution in [0, 0.1) is 5.82 Å². The highest BCUT2D eigenvalue weighted by atomic mass is 19.1. The van der Waals surface area contributed by atoms with E-state index in [1.807, 2.05) is 0 Å². The molecule has 1 aromatic heterocycles. The van der Waals surface area contributed by atoms with Crippen LogP contribution in [0.1, 0.15) is 38.3 Å². The van der Waals surface area contributed by atoms with Crippen molar-refractivity contribution >= 4 is 29.2 Å². The van der Waals surface area contributed by atoms with E-state index in [0.717, 1.165) is 4.90 Å². The number of anilines is 2. The standard InChI is InChI=1S/C27H29FN4O4/c1-18(2)30-27(35)26(19-11-13-20(36-3)14-12-19)32(22-9-5-4-8-21(22)28)25(34)16-15-24(33)31-23-10-6-7-17-29-23/h4-14,17-18,26H,15-16H2,1-3H3,(H,30,35)(H,29,31,33). The van der Waals surface area contributed by atoms with Crippen molar-refractivity contribution in [2.24, 2.45) is 0 Å². The van der Waals surface area contributed by atoms with Gasteiger partial charge in [-0.15, -0.1) is 0 Å². The molecule has 2 N–H and O–H groups in total. The fourth-order valence-corrected chi connectivity index (χ4v) is 3.61. The van der Waals surface area contributed by atoms with Crippen molar-refractivity contribution in [2.45, 2.75) is 38.8 Å². The summed E-state index contributed by atoms with van der Waals surface area (Å²) in [6.07, 6.45) is 1.10. The van der Waals surface area contributed by atoms with Crippen LogP contribution in [0.5, 0.6) is 5.75 Å². The Kier molecular flexibility index (Phi) is 9.10. The molecular formula is C27H29FN4O4. The lowest BCUT2D eigenvalue weighted by Crippen LogP contribution is -2.46. The van der Waals surface area contributed by atoms with Crippen molar-refractivity contribution in [2.75, 3.05) is 17.3 Å². The lowest BCUT2D eigenvalue weighted by Gasteiger charge is -2.32. The van der Waals surface area contributed by atoms with Crippen molar-refractivity contribution < 1.29 is 23.5 Å². The third kappa shape index (κ3) is 6.88. The second-order valence-electron chi connectivity index (χ2n) is 8.32. The second-order valence-corrected chi connectivity index (χ2v) is 8.32. The number of pyridine rings is 1. The average Bonchev–Trinajstić information content (AvgIpc) is 2.86. The van der Waals surface area contributed by atoms with Crippen LogP contribution in [0.2, 0.25) is 0 Å². The van der Waals surface area contributed by atoms with Gasteiger partial charge in [-0.1, -0.05) is 30.3 Å². The van der Waals surface area contributed by atoms with Gasteiger partial charge < -0.3 is 15.4 Å². The Hall–Kier alpha value is -4.27. The molecule has 3 aromatic rings. The molecule has 188 valence electrons. The first-order valence-electron chi connectivity index (χ1n) is 11.5. The van der Waals surface area contributed by atoms with Gasteiger partial charge in [-0.2, -0.15) is 0 Å². The maximum absolute atomic E-state index is 15.0. The molecule has 8 nitrogen and oxygen atoms in total. The number of nitrogens with zero attached hydrogens (tertiary/aromatic N) is 2. The fraction of sp³-hybridized carbons (Fsp3) is 0.259. The average molecular weight is 493 g/mol. The van der Waals surface area contributed by atoms with Crippen LogP contribution in [-0.4, -0.2) is 35.9 Å². The van der Waals surface area contributed by atoms with E-state index in [2.05, 4.69) is 15.6 Å². The summed E-state index contributed by atoms with van der Waals surface area (Å²) in [5, 5.41) is 5.44. The Morgan fingerprint density at radius 1 is 0.972 bits per heavy atom. The quantitative estimate of drug-likeness (QED) is 0.441. The SMILES string of the molecule is COc1ccc(C(C(=O)NC(C)C)N(C(=O)CCC(=O)Nc2ccccn2)c2ccccc2F)cc1. The number of halogens is 1. The number of ether oxygens (including phenoxy) is 1. The minimum Gasteiger partial charge on any atom is -0.497 e. The monoisotopic (exact) mass is 492 g/mol. The molecule has 3 rings (SSSR count). The summed E-state index contributed by atoms with van der Waals surface area (Å²) in [5.41, 5.74) is 0.399. The summed E-state index contributed by atoms with van der Waals surface area (Å²) < 4.78 is 20.2. The molecule has 0 aliphatic rings. The maximum atomic E-state index is 15.0. The first-order chi connectivity index (χ1) is 17.3. The predicted octanol–water partition coefficient (Wildman–Crippen LogP) is 4.25. The summed E-state index contributed by atoms with van der Waals surface area (Å²) in [4.78, 5) is 44.5. The molecule has 3 amide bonds. The molecule has 2 aromatic carbocycles. The Morgan fingerprint density at radius 3 is 2.28 bits per heavy atom. The van der Waals surface area contributed by atoms with Gasteiger partial charge in [0, 0.05) is 25.1 Å². The summed E-state index contributed by atoms with van der Waals surface area (Å²) >= 11 is 0. The largest absolute Gasteiger partial charge is 0.497 e. The van der Waals surface area contributed by atoms with Gasteiger partial charge in [0.2, 0.25) is 17.7 Å². The number of rotatable bonds is 10. The normalized spacial score (nSPS) is 11.5. The Bertz CT molecular complexity index is 1190. The number of benzene rings is 2. The minimum atomic E-state index is -1.18. The van der Waals surface area contributed by atoms with Gasteiger partial charge in [-0.3, -0.25) is 19.3 Å². The number of carbonyl (C=O) groups is 3. The van der Waals surface area contributed by atoms with Crippen LogP contribution >= 0.6 is 0 Å². The Labute approximate surface area is 209 Å². The van der Waals surface area contributed by atoms with E-state index in [-0.39, 0.29) is 24.6 Å². The zero-order valence-corrected chi connectivity index (χ0v) is 20.4. The van der Waals surface area contributed by atoms with Crippen molar-refractivity contribution in [1.29, 1.82) is 0 Å². The molecule has 1 heterocycles. The number of carbonyl (C=O) groups excluding carboxylic acids is 3. The number of methoxy groups -OCH3 is 1. The first kappa shape index (κ1) is 26.3. The number of para-hydroxylation sites is 1. The third-order valence-electron chi connectivity index (χ3n) is 5.25. The van der Waals surface area contributed by atoms with E-state index >= 15 is 0 Å². The molecule has 1 unspecified atom stereocenters. The van der Waals surface area contributed by atoms with Gasteiger partial charge in [0.15, 0.2) is 0 Å². The number of hydrogen-bond acceptors (Lipinski definition) is 5. The van der Waals surface area contributed by atoms with E-state index in [1.54, 1.807) is 62.4 Å². The van der Waals surface area contributed by atoms with E-state index in [9.17, 15) is 18.8 Å². The molecule has 0 spiro atoms. The highest BCUT2D eigenvalue weighted by molar-refractivity contribution is 6.03. The van der Waals surface area contributed by atoms with Crippen LogP contribution in [0.3, 0.4) is 0 Å². The highest BCUT2D eigenvalue weighted by Gasteiger charge is 2.34. The molecule has 9 heteroatoms. The Morgan fingerprint density at radius 2 is 1.67 bits per heavy atom. The molecule has 0 aliphatic carbocycles. The molecule has 0 bridgehead atoms. The summed E-state index contributed by atoms with van der Waals surface area (Å²) in [7, 11) is 1.52. The number of aromatic nitrogens is 1.